The van der Waals surface area contributed by atoms with E-state index in [0.29, 0.717) is 39.0 Å². The first-order valence-electron chi connectivity index (χ1n) is 9.19. The topological polar surface area (TPSA) is 67.7 Å². The number of nitrogens with zero attached hydrogens (tertiary/aromatic N) is 4. The van der Waals surface area contributed by atoms with Gasteiger partial charge in [-0.15, -0.1) is 0 Å². The summed E-state index contributed by atoms with van der Waals surface area (Å²) in [6, 6.07) is 0.209. The van der Waals surface area contributed by atoms with Crippen molar-refractivity contribution in [1.29, 1.82) is 0 Å². The standard InChI is InChI=1S/C18H28N4O3/c1-4-5-14(2)22-13-18(25-17(22)24)6-9-20(10-7-18)16(23)12-21-11-8-19-15(21)3/h8,11,14H,4-7,9-10,12-13H2,1-3H3/t14-/m0/s1. The fraction of sp³-hybridized carbons (Fsp3) is 0.722. The molecule has 1 atom stereocenters. The molecule has 2 aliphatic heterocycles. The summed E-state index contributed by atoms with van der Waals surface area (Å²) in [4.78, 5) is 32.6. The smallest absolute Gasteiger partial charge is 0.410 e. The minimum absolute atomic E-state index is 0.0940. The molecule has 7 heteroatoms. The Morgan fingerprint density at radius 3 is 2.72 bits per heavy atom. The molecule has 25 heavy (non-hydrogen) atoms. The maximum atomic E-state index is 12.5. The number of hydrogen-bond acceptors (Lipinski definition) is 4. The van der Waals surface area contributed by atoms with Gasteiger partial charge in [-0.25, -0.2) is 9.78 Å². The maximum absolute atomic E-state index is 12.5. The Morgan fingerprint density at radius 1 is 1.40 bits per heavy atom. The first-order chi connectivity index (χ1) is 11.9. The number of imidazole rings is 1. The zero-order valence-corrected chi connectivity index (χ0v) is 15.4. The van der Waals surface area contributed by atoms with Crippen molar-refractivity contribution in [2.24, 2.45) is 0 Å². The van der Waals surface area contributed by atoms with Gasteiger partial charge >= 0.3 is 6.09 Å². The first kappa shape index (κ1) is 17.8. The van der Waals surface area contributed by atoms with Crippen LogP contribution in [-0.2, 0) is 16.1 Å². The number of ether oxygens (including phenoxy) is 1. The summed E-state index contributed by atoms with van der Waals surface area (Å²) in [5, 5.41) is 0. The lowest BCUT2D eigenvalue weighted by atomic mass is 9.91. The summed E-state index contributed by atoms with van der Waals surface area (Å²) in [5.74, 6) is 0.934. The highest BCUT2D eigenvalue weighted by Crippen LogP contribution is 2.34. The summed E-state index contributed by atoms with van der Waals surface area (Å²) in [7, 11) is 0. The van der Waals surface area contributed by atoms with E-state index >= 15 is 0 Å². The number of carbonyl (C=O) groups is 2. The number of hydrogen-bond donors (Lipinski definition) is 0. The van der Waals surface area contributed by atoms with Crippen molar-refractivity contribution < 1.29 is 14.3 Å². The van der Waals surface area contributed by atoms with E-state index < -0.39 is 5.60 Å². The van der Waals surface area contributed by atoms with Gasteiger partial charge in [-0.1, -0.05) is 13.3 Å². The van der Waals surface area contributed by atoms with Crippen LogP contribution in [-0.4, -0.2) is 62.6 Å². The molecule has 0 aromatic carbocycles. The third-order valence-corrected chi connectivity index (χ3v) is 5.49. The van der Waals surface area contributed by atoms with Gasteiger partial charge in [0.2, 0.25) is 5.91 Å². The second-order valence-electron chi connectivity index (χ2n) is 7.30. The van der Waals surface area contributed by atoms with Crippen LogP contribution in [0, 0.1) is 6.92 Å². The molecule has 2 saturated heterocycles. The Bertz CT molecular complexity index is 634. The lowest BCUT2D eigenvalue weighted by Gasteiger charge is -2.37. The van der Waals surface area contributed by atoms with E-state index in [4.69, 9.17) is 4.74 Å². The Morgan fingerprint density at radius 2 is 2.12 bits per heavy atom. The molecule has 1 spiro atoms. The molecule has 1 aromatic rings. The van der Waals surface area contributed by atoms with Gasteiger partial charge in [0.05, 0.1) is 6.54 Å². The van der Waals surface area contributed by atoms with Gasteiger partial charge in [0, 0.05) is 44.4 Å². The van der Waals surface area contributed by atoms with E-state index in [0.717, 1.165) is 18.7 Å². The monoisotopic (exact) mass is 348 g/mol. The van der Waals surface area contributed by atoms with Crippen molar-refractivity contribution in [1.82, 2.24) is 19.4 Å². The molecule has 138 valence electrons. The highest BCUT2D eigenvalue weighted by molar-refractivity contribution is 5.76. The second kappa shape index (κ2) is 7.06. The Balaban J connectivity index is 1.56. The minimum Gasteiger partial charge on any atom is -0.441 e. The summed E-state index contributed by atoms with van der Waals surface area (Å²) in [6.45, 7) is 8.33. The third kappa shape index (κ3) is 3.65. The molecular formula is C18H28N4O3. The number of carbonyl (C=O) groups excluding carboxylic acids is 2. The lowest BCUT2D eigenvalue weighted by molar-refractivity contribution is -0.135. The maximum Gasteiger partial charge on any atom is 0.410 e. The molecule has 0 aliphatic carbocycles. The summed E-state index contributed by atoms with van der Waals surface area (Å²) < 4.78 is 7.61. The van der Waals surface area contributed by atoms with Crippen molar-refractivity contribution in [2.75, 3.05) is 19.6 Å². The average molecular weight is 348 g/mol. The molecule has 3 heterocycles. The highest BCUT2D eigenvalue weighted by Gasteiger charge is 2.48. The summed E-state index contributed by atoms with van der Waals surface area (Å²) in [5.41, 5.74) is -0.416. The van der Waals surface area contributed by atoms with Crippen molar-refractivity contribution in [3.8, 4) is 0 Å². The Labute approximate surface area is 148 Å². The van der Waals surface area contributed by atoms with E-state index in [9.17, 15) is 9.59 Å². The Hall–Kier alpha value is -2.05. The van der Waals surface area contributed by atoms with E-state index in [-0.39, 0.29) is 18.0 Å². The molecular weight excluding hydrogens is 320 g/mol. The quantitative estimate of drug-likeness (QED) is 0.818. The predicted octanol–water partition coefficient (Wildman–Crippen LogP) is 2.19. The minimum atomic E-state index is -0.416. The average Bonchev–Trinajstić information content (AvgIpc) is 3.12. The number of aryl methyl sites for hydroxylation is 1. The van der Waals surface area contributed by atoms with Crippen molar-refractivity contribution in [3.05, 3.63) is 18.2 Å². The zero-order chi connectivity index (χ0) is 18.0. The molecule has 1 aromatic heterocycles. The third-order valence-electron chi connectivity index (χ3n) is 5.49. The number of piperidine rings is 1. The molecule has 7 nitrogen and oxygen atoms in total. The SMILES string of the molecule is CCC[C@H](C)N1CC2(CCN(C(=O)Cn3ccnc3C)CC2)OC1=O. The largest absolute Gasteiger partial charge is 0.441 e. The van der Waals surface area contributed by atoms with Crippen molar-refractivity contribution in [2.45, 2.75) is 64.6 Å². The van der Waals surface area contributed by atoms with Crippen molar-refractivity contribution >= 4 is 12.0 Å². The summed E-state index contributed by atoms with van der Waals surface area (Å²) >= 11 is 0. The van der Waals surface area contributed by atoms with Crippen LogP contribution in [0.1, 0.15) is 45.4 Å². The molecule has 3 rings (SSSR count). The molecule has 2 amide bonds. The van der Waals surface area contributed by atoms with E-state index in [1.54, 1.807) is 6.20 Å². The molecule has 0 N–H and O–H groups in total. The molecule has 0 radical (unpaired) electrons. The predicted molar refractivity (Wildman–Crippen MR) is 93.1 cm³/mol. The van der Waals surface area contributed by atoms with Crippen LogP contribution in [0.5, 0.6) is 0 Å². The van der Waals surface area contributed by atoms with E-state index in [1.165, 1.54) is 0 Å². The molecule has 2 aliphatic rings. The molecule has 0 unspecified atom stereocenters. The number of aromatic nitrogens is 2. The van der Waals surface area contributed by atoms with Gasteiger partial charge in [0.25, 0.3) is 0 Å². The molecule has 0 saturated carbocycles. The zero-order valence-electron chi connectivity index (χ0n) is 15.4. The first-order valence-corrected chi connectivity index (χ1v) is 9.19. The van der Waals surface area contributed by atoms with Crippen LogP contribution < -0.4 is 0 Å². The van der Waals surface area contributed by atoms with Gasteiger partial charge in [-0.2, -0.15) is 0 Å². The summed E-state index contributed by atoms with van der Waals surface area (Å²) in [6.07, 6.45) is 6.79. The lowest BCUT2D eigenvalue weighted by Crippen LogP contribution is -2.49. The highest BCUT2D eigenvalue weighted by atomic mass is 16.6. The fourth-order valence-electron chi connectivity index (χ4n) is 3.80. The van der Waals surface area contributed by atoms with Gasteiger partial charge in [-0.05, 0) is 20.3 Å². The van der Waals surface area contributed by atoms with Crippen LogP contribution in [0.25, 0.3) is 0 Å². The van der Waals surface area contributed by atoms with Crippen molar-refractivity contribution in [3.63, 3.8) is 0 Å². The molecule has 2 fully saturated rings. The van der Waals surface area contributed by atoms with Crippen LogP contribution in [0.3, 0.4) is 0 Å². The number of likely N-dealkylation sites (tertiary alicyclic amines) is 1. The normalized spacial score (nSPS) is 20.8. The molecule has 0 bridgehead atoms. The number of rotatable bonds is 5. The Kier molecular flexibility index (Phi) is 5.01. The van der Waals surface area contributed by atoms with Gasteiger partial charge in [-0.3, -0.25) is 4.79 Å². The fourth-order valence-corrected chi connectivity index (χ4v) is 3.80. The van der Waals surface area contributed by atoms with Crippen LogP contribution in [0.4, 0.5) is 4.79 Å². The van der Waals surface area contributed by atoms with E-state index in [1.807, 2.05) is 27.5 Å². The van der Waals surface area contributed by atoms with Gasteiger partial charge in [0.1, 0.15) is 18.0 Å². The van der Waals surface area contributed by atoms with Crippen LogP contribution >= 0.6 is 0 Å². The van der Waals surface area contributed by atoms with E-state index in [2.05, 4.69) is 18.8 Å². The van der Waals surface area contributed by atoms with Crippen LogP contribution in [0.2, 0.25) is 0 Å². The van der Waals surface area contributed by atoms with Gasteiger partial charge < -0.3 is 19.1 Å². The number of amides is 2. The second-order valence-corrected chi connectivity index (χ2v) is 7.30. The van der Waals surface area contributed by atoms with Gasteiger partial charge in [0.15, 0.2) is 0 Å². The van der Waals surface area contributed by atoms with Crippen LogP contribution in [0.15, 0.2) is 12.4 Å².